The number of aliphatic hydroxyl groups is 1. The first-order chi connectivity index (χ1) is 13.2. The first kappa shape index (κ1) is 17.0. The van der Waals surface area contributed by atoms with Gasteiger partial charge in [0.15, 0.2) is 0 Å². The SMILES string of the molecule is O=C(NCC(O)c1ccc2ccccc2c1)c1cc(-c2ccccc2)no1. The predicted octanol–water partition coefficient (Wildman–Crippen LogP) is 3.96. The predicted molar refractivity (Wildman–Crippen MR) is 103 cm³/mol. The van der Waals surface area contributed by atoms with Crippen molar-refractivity contribution in [2.75, 3.05) is 6.54 Å². The average Bonchev–Trinajstić information content (AvgIpc) is 3.22. The largest absolute Gasteiger partial charge is 0.387 e. The minimum Gasteiger partial charge on any atom is -0.387 e. The van der Waals surface area contributed by atoms with Gasteiger partial charge in [0, 0.05) is 18.2 Å². The minimum atomic E-state index is -0.810. The van der Waals surface area contributed by atoms with Gasteiger partial charge in [-0.15, -0.1) is 0 Å². The summed E-state index contributed by atoms with van der Waals surface area (Å²) >= 11 is 0. The van der Waals surface area contributed by atoms with Crippen molar-refractivity contribution >= 4 is 16.7 Å². The molecule has 0 aliphatic heterocycles. The van der Waals surface area contributed by atoms with Crippen molar-refractivity contribution in [1.29, 1.82) is 0 Å². The second-order valence-electron chi connectivity index (χ2n) is 6.27. The number of amides is 1. The van der Waals surface area contributed by atoms with Crippen LogP contribution in [0.4, 0.5) is 0 Å². The fraction of sp³-hybridized carbons (Fsp3) is 0.0909. The fourth-order valence-corrected chi connectivity index (χ4v) is 2.94. The van der Waals surface area contributed by atoms with E-state index in [0.717, 1.165) is 21.9 Å². The molecule has 0 radical (unpaired) electrons. The van der Waals surface area contributed by atoms with E-state index in [-0.39, 0.29) is 12.3 Å². The molecule has 0 spiro atoms. The number of carbonyl (C=O) groups excluding carboxylic acids is 1. The maximum atomic E-state index is 12.3. The lowest BCUT2D eigenvalue weighted by Crippen LogP contribution is -2.28. The maximum absolute atomic E-state index is 12.3. The van der Waals surface area contributed by atoms with Crippen LogP contribution in [0.15, 0.2) is 83.4 Å². The highest BCUT2D eigenvalue weighted by molar-refractivity contribution is 5.92. The molecule has 1 amide bonds. The molecule has 3 aromatic carbocycles. The van der Waals surface area contributed by atoms with E-state index in [4.69, 9.17) is 4.52 Å². The Morgan fingerprint density at radius 3 is 2.52 bits per heavy atom. The molecule has 27 heavy (non-hydrogen) atoms. The normalized spacial score (nSPS) is 12.0. The summed E-state index contributed by atoms with van der Waals surface area (Å²) < 4.78 is 5.13. The second-order valence-corrected chi connectivity index (χ2v) is 6.27. The van der Waals surface area contributed by atoms with E-state index < -0.39 is 12.0 Å². The summed E-state index contributed by atoms with van der Waals surface area (Å²) in [5, 5.41) is 19.2. The van der Waals surface area contributed by atoms with Gasteiger partial charge in [-0.2, -0.15) is 0 Å². The Balaban J connectivity index is 1.42. The summed E-state index contributed by atoms with van der Waals surface area (Å²) in [7, 11) is 0. The summed E-state index contributed by atoms with van der Waals surface area (Å²) in [6.07, 6.45) is -0.810. The lowest BCUT2D eigenvalue weighted by atomic mass is 10.0. The van der Waals surface area contributed by atoms with Crippen molar-refractivity contribution in [3.8, 4) is 11.3 Å². The fourth-order valence-electron chi connectivity index (χ4n) is 2.94. The molecule has 0 aliphatic carbocycles. The van der Waals surface area contributed by atoms with Crippen LogP contribution in [0.5, 0.6) is 0 Å². The number of carbonyl (C=O) groups is 1. The molecule has 4 rings (SSSR count). The Morgan fingerprint density at radius 1 is 0.963 bits per heavy atom. The number of hydrogen-bond acceptors (Lipinski definition) is 4. The van der Waals surface area contributed by atoms with Crippen LogP contribution in [0, 0.1) is 0 Å². The molecule has 1 heterocycles. The summed E-state index contributed by atoms with van der Waals surface area (Å²) in [6, 6.07) is 24.7. The smallest absolute Gasteiger partial charge is 0.290 e. The van der Waals surface area contributed by atoms with Crippen LogP contribution in [0.25, 0.3) is 22.0 Å². The molecule has 0 fully saturated rings. The quantitative estimate of drug-likeness (QED) is 0.566. The van der Waals surface area contributed by atoms with Gasteiger partial charge in [0.05, 0.1) is 6.10 Å². The zero-order valence-corrected chi connectivity index (χ0v) is 14.5. The van der Waals surface area contributed by atoms with Crippen molar-refractivity contribution < 1.29 is 14.4 Å². The summed E-state index contributed by atoms with van der Waals surface area (Å²) in [5.41, 5.74) is 2.21. The van der Waals surface area contributed by atoms with E-state index in [2.05, 4.69) is 10.5 Å². The monoisotopic (exact) mass is 358 g/mol. The molecule has 0 aliphatic rings. The van der Waals surface area contributed by atoms with Crippen molar-refractivity contribution in [2.45, 2.75) is 6.10 Å². The van der Waals surface area contributed by atoms with Crippen LogP contribution in [-0.2, 0) is 0 Å². The molecular formula is C22H18N2O3. The Labute approximate surface area is 156 Å². The van der Waals surface area contributed by atoms with E-state index >= 15 is 0 Å². The lowest BCUT2D eigenvalue weighted by Gasteiger charge is -2.12. The topological polar surface area (TPSA) is 75.4 Å². The van der Waals surface area contributed by atoms with Crippen molar-refractivity contribution in [3.05, 3.63) is 90.2 Å². The zero-order chi connectivity index (χ0) is 18.6. The number of nitrogens with one attached hydrogen (secondary N) is 1. The van der Waals surface area contributed by atoms with Crippen LogP contribution >= 0.6 is 0 Å². The number of hydrogen-bond donors (Lipinski definition) is 2. The molecule has 0 saturated heterocycles. The van der Waals surface area contributed by atoms with Gasteiger partial charge >= 0.3 is 0 Å². The van der Waals surface area contributed by atoms with Crippen molar-refractivity contribution in [1.82, 2.24) is 10.5 Å². The molecule has 1 unspecified atom stereocenters. The van der Waals surface area contributed by atoms with Gasteiger partial charge in [-0.25, -0.2) is 0 Å². The highest BCUT2D eigenvalue weighted by Crippen LogP contribution is 2.21. The maximum Gasteiger partial charge on any atom is 0.290 e. The zero-order valence-electron chi connectivity index (χ0n) is 14.5. The third-order valence-electron chi connectivity index (χ3n) is 4.42. The first-order valence-corrected chi connectivity index (χ1v) is 8.68. The molecule has 4 aromatic rings. The van der Waals surface area contributed by atoms with Crippen LogP contribution in [0.2, 0.25) is 0 Å². The van der Waals surface area contributed by atoms with Gasteiger partial charge in [-0.1, -0.05) is 71.9 Å². The third-order valence-corrected chi connectivity index (χ3v) is 4.42. The van der Waals surface area contributed by atoms with Crippen LogP contribution < -0.4 is 5.32 Å². The molecule has 0 bridgehead atoms. The molecule has 1 atom stereocenters. The van der Waals surface area contributed by atoms with E-state index in [1.807, 2.05) is 72.8 Å². The lowest BCUT2D eigenvalue weighted by molar-refractivity contribution is 0.0880. The van der Waals surface area contributed by atoms with Gasteiger partial charge in [0.25, 0.3) is 5.91 Å². The van der Waals surface area contributed by atoms with E-state index in [1.165, 1.54) is 0 Å². The van der Waals surface area contributed by atoms with Gasteiger partial charge in [-0.05, 0) is 22.4 Å². The second kappa shape index (κ2) is 7.43. The van der Waals surface area contributed by atoms with Crippen LogP contribution in [-0.4, -0.2) is 22.7 Å². The summed E-state index contributed by atoms with van der Waals surface area (Å²) in [6.45, 7) is 0.0819. The van der Waals surface area contributed by atoms with Crippen LogP contribution in [0.1, 0.15) is 22.2 Å². The average molecular weight is 358 g/mol. The molecule has 134 valence electrons. The minimum absolute atomic E-state index is 0.0819. The summed E-state index contributed by atoms with van der Waals surface area (Å²) in [5.74, 6) is -0.302. The van der Waals surface area contributed by atoms with Gasteiger partial charge in [0.2, 0.25) is 5.76 Å². The highest BCUT2D eigenvalue weighted by atomic mass is 16.5. The van der Waals surface area contributed by atoms with Crippen molar-refractivity contribution in [3.63, 3.8) is 0 Å². The Hall–Kier alpha value is -3.44. The Bertz CT molecular complexity index is 1070. The number of benzene rings is 3. The molecule has 5 heteroatoms. The number of fused-ring (bicyclic) bond motifs is 1. The standard InChI is InChI=1S/C22H18N2O3/c25-20(18-11-10-15-6-4-5-9-17(15)12-18)14-23-22(26)21-13-19(24-27-21)16-7-2-1-3-8-16/h1-13,20,25H,14H2,(H,23,26). The molecule has 1 aromatic heterocycles. The van der Waals surface area contributed by atoms with E-state index in [1.54, 1.807) is 6.07 Å². The van der Waals surface area contributed by atoms with Gasteiger partial charge in [0.1, 0.15) is 5.69 Å². The van der Waals surface area contributed by atoms with Crippen LogP contribution in [0.3, 0.4) is 0 Å². The highest BCUT2D eigenvalue weighted by Gasteiger charge is 2.16. The third kappa shape index (κ3) is 3.73. The van der Waals surface area contributed by atoms with E-state index in [9.17, 15) is 9.90 Å². The molecule has 0 saturated carbocycles. The Morgan fingerprint density at radius 2 is 1.70 bits per heavy atom. The molecule has 5 nitrogen and oxygen atoms in total. The number of nitrogens with zero attached hydrogens (tertiary/aromatic N) is 1. The number of aromatic nitrogens is 1. The molecular weight excluding hydrogens is 340 g/mol. The first-order valence-electron chi connectivity index (χ1n) is 8.68. The van der Waals surface area contributed by atoms with Gasteiger partial charge < -0.3 is 14.9 Å². The Kier molecular flexibility index (Phi) is 4.68. The summed E-state index contributed by atoms with van der Waals surface area (Å²) in [4.78, 5) is 12.3. The van der Waals surface area contributed by atoms with E-state index in [0.29, 0.717) is 5.69 Å². The van der Waals surface area contributed by atoms with Crippen molar-refractivity contribution in [2.24, 2.45) is 0 Å². The number of aliphatic hydroxyl groups excluding tert-OH is 1. The number of rotatable bonds is 5. The molecule has 2 N–H and O–H groups in total. The van der Waals surface area contributed by atoms with Gasteiger partial charge in [-0.3, -0.25) is 4.79 Å².